The molecular weight excluding hydrogens is 417 g/mol. The number of carbonyl (C=O) groups is 1. The first-order chi connectivity index (χ1) is 11.6. The second kappa shape index (κ2) is 15.2. The zero-order valence-electron chi connectivity index (χ0n) is 18.0. The van der Waals surface area contributed by atoms with E-state index < -0.39 is 6.04 Å². The van der Waals surface area contributed by atoms with Crippen LogP contribution in [0.1, 0.15) is 37.3 Å². The van der Waals surface area contributed by atoms with Crippen molar-refractivity contribution >= 4 is 31.8 Å². The van der Waals surface area contributed by atoms with Crippen molar-refractivity contribution < 1.29 is 26.4 Å². The highest BCUT2D eigenvalue weighted by molar-refractivity contribution is 7.59. The molecule has 0 aliphatic carbocycles. The number of quaternary nitrogens is 1. The molecule has 0 spiro atoms. The lowest BCUT2D eigenvalue weighted by molar-refractivity contribution is -0.870. The lowest BCUT2D eigenvalue weighted by Gasteiger charge is -2.24. The molecule has 0 fully saturated rings. The fourth-order valence-electron chi connectivity index (χ4n) is 2.71. The summed E-state index contributed by atoms with van der Waals surface area (Å²) in [5.41, 5.74) is 8.22. The maximum Gasteiger partial charge on any atom is 0.237 e. The number of unbranched alkanes of at least 4 members (excludes halogenated alkanes) is 1. The van der Waals surface area contributed by atoms with E-state index in [1.54, 1.807) is 0 Å². The van der Waals surface area contributed by atoms with Crippen LogP contribution in [-0.4, -0.2) is 56.8 Å². The Morgan fingerprint density at radius 3 is 2.21 bits per heavy atom. The SMILES string of the molecule is Cc1cccc(C)c1OCC(C)NC(=O)C(N)CCCC[N+](C)(C)C.Cl.S.[Cl-]. The number of nitrogens with one attached hydrogen (secondary N) is 1. The third-order valence-corrected chi connectivity index (χ3v) is 4.21. The van der Waals surface area contributed by atoms with Gasteiger partial charge in [0.15, 0.2) is 0 Å². The van der Waals surface area contributed by atoms with Crippen LogP contribution in [0.3, 0.4) is 0 Å². The Hall–Kier alpha value is -0.660. The largest absolute Gasteiger partial charge is 1.00 e. The zero-order valence-corrected chi connectivity index (χ0v) is 20.6. The number of ether oxygens (including phenoxy) is 1. The van der Waals surface area contributed by atoms with Crippen LogP contribution in [0.25, 0.3) is 0 Å². The van der Waals surface area contributed by atoms with Gasteiger partial charge in [-0.1, -0.05) is 18.2 Å². The van der Waals surface area contributed by atoms with Crippen LogP contribution in [0.5, 0.6) is 5.75 Å². The van der Waals surface area contributed by atoms with Crippen LogP contribution in [0.2, 0.25) is 0 Å². The second-order valence-electron chi connectivity index (χ2n) is 8.06. The molecule has 0 saturated heterocycles. The van der Waals surface area contributed by atoms with Gasteiger partial charge in [-0.2, -0.15) is 13.5 Å². The third-order valence-electron chi connectivity index (χ3n) is 4.21. The smallest absolute Gasteiger partial charge is 0.237 e. The van der Waals surface area contributed by atoms with Crippen molar-refractivity contribution in [3.8, 4) is 5.75 Å². The molecule has 0 saturated carbocycles. The van der Waals surface area contributed by atoms with Crippen molar-refractivity contribution in [3.63, 3.8) is 0 Å². The first kappa shape index (κ1) is 32.0. The van der Waals surface area contributed by atoms with Crippen LogP contribution in [0.15, 0.2) is 18.2 Å². The van der Waals surface area contributed by atoms with Crippen LogP contribution >= 0.6 is 25.9 Å². The first-order valence-electron chi connectivity index (χ1n) is 9.15. The Balaban J connectivity index is -0.00000208. The summed E-state index contributed by atoms with van der Waals surface area (Å²) in [6.07, 6.45) is 2.77. The van der Waals surface area contributed by atoms with Crippen molar-refractivity contribution in [1.82, 2.24) is 5.32 Å². The van der Waals surface area contributed by atoms with E-state index in [2.05, 4.69) is 26.5 Å². The number of halogens is 2. The highest BCUT2D eigenvalue weighted by Crippen LogP contribution is 2.22. The maximum atomic E-state index is 12.2. The first-order valence-corrected chi connectivity index (χ1v) is 9.15. The summed E-state index contributed by atoms with van der Waals surface area (Å²) in [5.74, 6) is 0.802. The van der Waals surface area contributed by atoms with Gasteiger partial charge in [-0.25, -0.2) is 0 Å². The summed E-state index contributed by atoms with van der Waals surface area (Å²) in [5, 5.41) is 2.95. The quantitative estimate of drug-likeness (QED) is 0.383. The Morgan fingerprint density at radius 2 is 1.71 bits per heavy atom. The molecule has 166 valence electrons. The standard InChI is InChI=1S/C20H35N3O2.2ClH.H2S/c1-15-10-9-11-16(2)19(15)25-14-17(3)22-20(24)18(21)12-7-8-13-23(4,5)6;;;/h9-11,17-18H,7-8,12-14,21H2,1-6H3;2*1H;1H2. The molecule has 1 aromatic rings. The Kier molecular flexibility index (Phi) is 17.4. The normalized spacial score (nSPS) is 12.5. The minimum atomic E-state index is -0.449. The van der Waals surface area contributed by atoms with E-state index in [1.807, 2.05) is 39.0 Å². The van der Waals surface area contributed by atoms with Gasteiger partial charge < -0.3 is 32.7 Å². The van der Waals surface area contributed by atoms with Gasteiger partial charge in [0.25, 0.3) is 0 Å². The van der Waals surface area contributed by atoms with Gasteiger partial charge in [0.1, 0.15) is 12.4 Å². The fourth-order valence-corrected chi connectivity index (χ4v) is 2.71. The average molecular weight is 457 g/mol. The van der Waals surface area contributed by atoms with Crippen LogP contribution < -0.4 is 28.2 Å². The van der Waals surface area contributed by atoms with E-state index in [-0.39, 0.29) is 50.3 Å². The number of benzene rings is 1. The number of rotatable bonds is 10. The van der Waals surface area contributed by atoms with Gasteiger partial charge in [0.05, 0.1) is 39.8 Å². The molecule has 0 radical (unpaired) electrons. The second-order valence-corrected chi connectivity index (χ2v) is 8.06. The van der Waals surface area contributed by atoms with E-state index in [0.29, 0.717) is 6.61 Å². The maximum absolute atomic E-state index is 12.2. The summed E-state index contributed by atoms with van der Waals surface area (Å²) in [6.45, 7) is 7.52. The molecule has 0 aromatic heterocycles. The van der Waals surface area contributed by atoms with Gasteiger partial charge >= 0.3 is 0 Å². The number of aryl methyl sites for hydroxylation is 2. The summed E-state index contributed by atoms with van der Waals surface area (Å²) in [7, 11) is 6.51. The van der Waals surface area contributed by atoms with E-state index in [4.69, 9.17) is 10.5 Å². The molecule has 0 heterocycles. The summed E-state index contributed by atoms with van der Waals surface area (Å²) >= 11 is 0. The van der Waals surface area contributed by atoms with E-state index in [0.717, 1.165) is 47.2 Å². The summed E-state index contributed by atoms with van der Waals surface area (Å²) < 4.78 is 6.83. The van der Waals surface area contributed by atoms with Crippen molar-refractivity contribution in [2.45, 2.75) is 52.1 Å². The number of amides is 1. The fraction of sp³-hybridized carbons (Fsp3) is 0.650. The molecule has 2 unspecified atom stereocenters. The minimum Gasteiger partial charge on any atom is -1.00 e. The van der Waals surface area contributed by atoms with E-state index in [1.165, 1.54) is 0 Å². The average Bonchev–Trinajstić information content (AvgIpc) is 2.49. The molecule has 28 heavy (non-hydrogen) atoms. The van der Waals surface area contributed by atoms with Gasteiger partial charge in [-0.3, -0.25) is 4.79 Å². The number of nitrogens with zero attached hydrogens (tertiary/aromatic N) is 1. The van der Waals surface area contributed by atoms with Crippen molar-refractivity contribution in [1.29, 1.82) is 0 Å². The summed E-state index contributed by atoms with van der Waals surface area (Å²) in [4.78, 5) is 12.2. The molecule has 3 N–H and O–H groups in total. The molecule has 1 amide bonds. The monoisotopic (exact) mass is 455 g/mol. The molecular formula is C20H39Cl2N3O2S. The molecule has 0 aliphatic rings. The molecule has 8 heteroatoms. The molecule has 0 bridgehead atoms. The molecule has 1 rings (SSSR count). The predicted octanol–water partition coefficient (Wildman–Crippen LogP) is -0.0707. The van der Waals surface area contributed by atoms with E-state index in [9.17, 15) is 4.79 Å². The van der Waals surface area contributed by atoms with Crippen LogP contribution in [-0.2, 0) is 4.79 Å². The third kappa shape index (κ3) is 12.7. The van der Waals surface area contributed by atoms with E-state index >= 15 is 0 Å². The molecule has 2 atom stereocenters. The number of hydrogen-bond donors (Lipinski definition) is 2. The molecule has 0 aliphatic heterocycles. The molecule has 5 nitrogen and oxygen atoms in total. The Labute approximate surface area is 190 Å². The van der Waals surface area contributed by atoms with Gasteiger partial charge in [-0.05, 0) is 51.2 Å². The highest BCUT2D eigenvalue weighted by atomic mass is 35.5. The topological polar surface area (TPSA) is 64.3 Å². The number of hydrogen-bond acceptors (Lipinski definition) is 3. The van der Waals surface area contributed by atoms with Crippen LogP contribution in [0.4, 0.5) is 0 Å². The lowest BCUT2D eigenvalue weighted by Crippen LogP contribution is -3.00. The number of carbonyl (C=O) groups excluding carboxylic acids is 1. The Morgan fingerprint density at radius 1 is 1.18 bits per heavy atom. The highest BCUT2D eigenvalue weighted by Gasteiger charge is 2.17. The van der Waals surface area contributed by atoms with Gasteiger partial charge in [0, 0.05) is 0 Å². The van der Waals surface area contributed by atoms with Crippen LogP contribution in [0, 0.1) is 13.8 Å². The molecule has 1 aromatic carbocycles. The van der Waals surface area contributed by atoms with Crippen molar-refractivity contribution in [2.75, 3.05) is 34.3 Å². The Bertz CT molecular complexity index is 549. The summed E-state index contributed by atoms with van der Waals surface area (Å²) in [6, 6.07) is 5.54. The van der Waals surface area contributed by atoms with Crippen molar-refractivity contribution in [2.24, 2.45) is 5.73 Å². The van der Waals surface area contributed by atoms with Crippen molar-refractivity contribution in [3.05, 3.63) is 29.3 Å². The zero-order chi connectivity index (χ0) is 19.0. The predicted molar refractivity (Wildman–Crippen MR) is 121 cm³/mol. The number of para-hydroxylation sites is 1. The minimum absolute atomic E-state index is 0. The van der Waals surface area contributed by atoms with Gasteiger partial charge in [-0.15, -0.1) is 12.4 Å². The van der Waals surface area contributed by atoms with Gasteiger partial charge in [0.2, 0.25) is 5.91 Å². The lowest BCUT2D eigenvalue weighted by atomic mass is 10.1. The number of nitrogens with two attached hydrogens (primary N) is 1.